The number of rotatable bonds is 8. The van der Waals surface area contributed by atoms with Crippen LogP contribution in [0.15, 0.2) is 35.3 Å². The summed E-state index contributed by atoms with van der Waals surface area (Å²) in [6.45, 7) is 2.38. The monoisotopic (exact) mass is 416 g/mol. The van der Waals surface area contributed by atoms with Crippen molar-refractivity contribution < 1.29 is 13.7 Å². The predicted molar refractivity (Wildman–Crippen MR) is 105 cm³/mol. The summed E-state index contributed by atoms with van der Waals surface area (Å²) in [4.78, 5) is 26.8. The number of pyridine rings is 1. The molecule has 9 heteroatoms. The lowest BCUT2D eigenvalue weighted by Crippen LogP contribution is -2.21. The zero-order valence-electron chi connectivity index (χ0n) is 14.0. The van der Waals surface area contributed by atoms with Crippen LogP contribution in [-0.2, 0) is 21.3 Å². The molecule has 2 N–H and O–H groups in total. The number of anilines is 1. The fourth-order valence-electron chi connectivity index (χ4n) is 2.07. The van der Waals surface area contributed by atoms with E-state index in [1.54, 1.807) is 18.2 Å². The normalized spacial score (nSPS) is 11.8. The molecule has 1 amide bonds. The third-order valence-corrected chi connectivity index (χ3v) is 5.27. The Labute approximate surface area is 163 Å². The first kappa shape index (κ1) is 20.5. The predicted octanol–water partition coefficient (Wildman–Crippen LogP) is 3.36. The van der Waals surface area contributed by atoms with E-state index in [9.17, 15) is 13.8 Å². The molecule has 1 unspecified atom stereocenters. The number of H-pyrrole nitrogens is 1. The Hall–Kier alpha value is -1.83. The van der Waals surface area contributed by atoms with Gasteiger partial charge in [0.25, 0.3) is 0 Å². The summed E-state index contributed by atoms with van der Waals surface area (Å²) in [5, 5.41) is 3.11. The molecule has 140 valence electrons. The number of carbonyl (C=O) groups is 1. The zero-order chi connectivity index (χ0) is 19.1. The van der Waals surface area contributed by atoms with Gasteiger partial charge < -0.3 is 15.0 Å². The van der Waals surface area contributed by atoms with E-state index in [0.29, 0.717) is 23.0 Å². The van der Waals surface area contributed by atoms with Gasteiger partial charge in [-0.25, -0.2) is 0 Å². The molecule has 1 heterocycles. The Morgan fingerprint density at radius 3 is 2.81 bits per heavy atom. The van der Waals surface area contributed by atoms with Crippen molar-refractivity contribution in [2.24, 2.45) is 0 Å². The van der Waals surface area contributed by atoms with Gasteiger partial charge in [0.2, 0.25) is 11.3 Å². The lowest BCUT2D eigenvalue weighted by molar-refractivity contribution is -0.113. The highest BCUT2D eigenvalue weighted by atomic mass is 35.5. The average molecular weight is 417 g/mol. The van der Waals surface area contributed by atoms with Gasteiger partial charge in [0, 0.05) is 28.8 Å². The van der Waals surface area contributed by atoms with Crippen LogP contribution < -0.4 is 15.5 Å². The number of benzene rings is 1. The highest BCUT2D eigenvalue weighted by molar-refractivity contribution is 7.84. The molecule has 0 bridgehead atoms. The van der Waals surface area contributed by atoms with Crippen molar-refractivity contribution in [2.75, 3.05) is 17.7 Å². The van der Waals surface area contributed by atoms with Crippen LogP contribution in [0.25, 0.3) is 0 Å². The summed E-state index contributed by atoms with van der Waals surface area (Å²) in [5.41, 5.74) is 0.525. The molecule has 0 aliphatic rings. The number of aromatic nitrogens is 1. The average Bonchev–Trinajstić information content (AvgIpc) is 2.58. The molecule has 0 saturated heterocycles. The number of nitrogens with one attached hydrogen (secondary N) is 2. The van der Waals surface area contributed by atoms with Crippen molar-refractivity contribution in [2.45, 2.75) is 19.1 Å². The van der Waals surface area contributed by atoms with Crippen LogP contribution in [0.5, 0.6) is 5.75 Å². The van der Waals surface area contributed by atoms with Crippen LogP contribution in [0, 0.1) is 0 Å². The van der Waals surface area contributed by atoms with E-state index in [4.69, 9.17) is 27.9 Å². The van der Waals surface area contributed by atoms with Crippen LogP contribution in [0.3, 0.4) is 0 Å². The number of hydrogen-bond acceptors (Lipinski definition) is 4. The molecule has 0 spiro atoms. The number of amides is 1. The quantitative estimate of drug-likeness (QED) is 0.690. The van der Waals surface area contributed by atoms with E-state index in [1.165, 1.54) is 12.3 Å². The van der Waals surface area contributed by atoms with Gasteiger partial charge in [0.15, 0.2) is 5.75 Å². The SMILES string of the molecule is CCCOc1c[nH]c(CS(=O)CC(=O)Nc2cccc(Cl)c2Cl)cc1=O. The van der Waals surface area contributed by atoms with E-state index in [2.05, 4.69) is 10.3 Å². The second-order valence-corrected chi connectivity index (χ2v) is 7.66. The number of halogens is 2. The highest BCUT2D eigenvalue weighted by Crippen LogP contribution is 2.29. The summed E-state index contributed by atoms with van der Waals surface area (Å²) in [5.74, 6) is -0.439. The Bertz CT molecular complexity index is 870. The molecule has 0 radical (unpaired) electrons. The van der Waals surface area contributed by atoms with Crippen molar-refractivity contribution in [3.05, 3.63) is 56.4 Å². The molecule has 0 aliphatic carbocycles. The lowest BCUT2D eigenvalue weighted by atomic mass is 10.3. The van der Waals surface area contributed by atoms with Crippen molar-refractivity contribution in [1.82, 2.24) is 4.98 Å². The molecular weight excluding hydrogens is 399 g/mol. The third-order valence-electron chi connectivity index (χ3n) is 3.23. The van der Waals surface area contributed by atoms with Crippen molar-refractivity contribution in [3.8, 4) is 5.75 Å². The summed E-state index contributed by atoms with van der Waals surface area (Å²) in [6, 6.07) is 6.17. The minimum atomic E-state index is -1.51. The Balaban J connectivity index is 1.93. The Kier molecular flexibility index (Phi) is 7.68. The molecule has 0 fully saturated rings. The van der Waals surface area contributed by atoms with Crippen LogP contribution >= 0.6 is 23.2 Å². The van der Waals surface area contributed by atoms with Gasteiger partial charge in [-0.05, 0) is 18.6 Å². The number of ether oxygens (including phenoxy) is 1. The topological polar surface area (TPSA) is 88.3 Å². The molecule has 1 aromatic carbocycles. The van der Waals surface area contributed by atoms with E-state index < -0.39 is 16.7 Å². The van der Waals surface area contributed by atoms with Gasteiger partial charge >= 0.3 is 0 Å². The van der Waals surface area contributed by atoms with Crippen LogP contribution in [-0.4, -0.2) is 27.5 Å². The van der Waals surface area contributed by atoms with Crippen LogP contribution in [0.2, 0.25) is 10.0 Å². The highest BCUT2D eigenvalue weighted by Gasteiger charge is 2.13. The molecule has 2 rings (SSSR count). The van der Waals surface area contributed by atoms with Gasteiger partial charge in [0.1, 0.15) is 5.75 Å². The zero-order valence-corrected chi connectivity index (χ0v) is 16.3. The first-order chi connectivity index (χ1) is 12.4. The van der Waals surface area contributed by atoms with Crippen LogP contribution in [0.4, 0.5) is 5.69 Å². The molecule has 6 nitrogen and oxygen atoms in total. The van der Waals surface area contributed by atoms with Gasteiger partial charge in [-0.15, -0.1) is 0 Å². The number of aromatic amines is 1. The van der Waals surface area contributed by atoms with E-state index in [1.807, 2.05) is 6.92 Å². The maximum Gasteiger partial charge on any atom is 0.237 e. The van der Waals surface area contributed by atoms with Gasteiger partial charge in [-0.1, -0.05) is 36.2 Å². The standard InChI is InChI=1S/C17H18Cl2N2O4S/c1-2-6-25-15-8-20-11(7-14(15)22)9-26(24)10-16(23)21-13-5-3-4-12(18)17(13)19/h3-5,7-8H,2,6,9-10H2,1H3,(H,20,22)(H,21,23). The van der Waals surface area contributed by atoms with E-state index in [-0.39, 0.29) is 27.7 Å². The fraction of sp³-hybridized carbons (Fsp3) is 0.294. The van der Waals surface area contributed by atoms with Crippen molar-refractivity contribution in [3.63, 3.8) is 0 Å². The summed E-state index contributed by atoms with van der Waals surface area (Å²) in [6.07, 6.45) is 2.23. The maximum atomic E-state index is 12.2. The largest absolute Gasteiger partial charge is 0.488 e. The van der Waals surface area contributed by atoms with Gasteiger partial charge in [0.05, 0.1) is 28.1 Å². The summed E-state index contributed by atoms with van der Waals surface area (Å²) in [7, 11) is -1.51. The molecular formula is C17H18Cl2N2O4S. The Morgan fingerprint density at radius 1 is 1.35 bits per heavy atom. The Morgan fingerprint density at radius 2 is 2.12 bits per heavy atom. The van der Waals surface area contributed by atoms with Crippen molar-refractivity contribution >= 4 is 45.6 Å². The summed E-state index contributed by atoms with van der Waals surface area (Å²) < 4.78 is 17.5. The molecule has 0 aliphatic heterocycles. The van der Waals surface area contributed by atoms with Crippen molar-refractivity contribution in [1.29, 1.82) is 0 Å². The minimum Gasteiger partial charge on any atom is -0.488 e. The first-order valence-electron chi connectivity index (χ1n) is 7.84. The number of hydrogen-bond donors (Lipinski definition) is 2. The van der Waals surface area contributed by atoms with Gasteiger partial charge in [-0.2, -0.15) is 0 Å². The molecule has 1 aromatic heterocycles. The lowest BCUT2D eigenvalue weighted by Gasteiger charge is -2.08. The first-order valence-corrected chi connectivity index (χ1v) is 10.1. The minimum absolute atomic E-state index is 0.0417. The van der Waals surface area contributed by atoms with E-state index >= 15 is 0 Å². The van der Waals surface area contributed by atoms with Crippen LogP contribution in [0.1, 0.15) is 19.0 Å². The summed E-state index contributed by atoms with van der Waals surface area (Å²) >= 11 is 11.9. The molecule has 2 aromatic rings. The second kappa shape index (κ2) is 9.75. The second-order valence-electron chi connectivity index (χ2n) is 5.41. The molecule has 0 saturated carbocycles. The third kappa shape index (κ3) is 5.86. The smallest absolute Gasteiger partial charge is 0.237 e. The number of carbonyl (C=O) groups excluding carboxylic acids is 1. The maximum absolute atomic E-state index is 12.2. The molecule has 26 heavy (non-hydrogen) atoms. The fourth-order valence-corrected chi connectivity index (χ4v) is 3.39. The molecule has 1 atom stereocenters. The van der Waals surface area contributed by atoms with Gasteiger partial charge in [-0.3, -0.25) is 13.8 Å². The van der Waals surface area contributed by atoms with E-state index in [0.717, 1.165) is 6.42 Å².